The molecule has 1 aromatic rings. The highest BCUT2D eigenvalue weighted by molar-refractivity contribution is 5.79. The fraction of sp³-hybridized carbons (Fsp3) is 0.650. The molecule has 2 fully saturated rings. The zero-order chi connectivity index (χ0) is 18.7. The third-order valence-electron chi connectivity index (χ3n) is 5.93. The topological polar surface area (TPSA) is 56.8 Å². The van der Waals surface area contributed by atoms with Gasteiger partial charge in [0.05, 0.1) is 18.1 Å². The number of carbonyl (C=O) groups excluding carboxylic acids is 2. The van der Waals surface area contributed by atoms with Crippen LogP contribution in [0.5, 0.6) is 0 Å². The molecule has 26 heavy (non-hydrogen) atoms. The molecule has 6 nitrogen and oxygen atoms in total. The number of hydrogen-bond acceptors (Lipinski definition) is 4. The van der Waals surface area contributed by atoms with Crippen LogP contribution in [0.15, 0.2) is 24.5 Å². The number of likely N-dealkylation sites (tertiary alicyclic amines) is 2. The second-order valence-electron chi connectivity index (χ2n) is 7.91. The van der Waals surface area contributed by atoms with Gasteiger partial charge in [0.1, 0.15) is 0 Å². The van der Waals surface area contributed by atoms with Gasteiger partial charge in [-0.15, -0.1) is 0 Å². The van der Waals surface area contributed by atoms with Gasteiger partial charge in [-0.1, -0.05) is 6.07 Å². The summed E-state index contributed by atoms with van der Waals surface area (Å²) in [5.41, 5.74) is 0.881. The van der Waals surface area contributed by atoms with E-state index in [0.717, 1.165) is 44.3 Å². The number of likely N-dealkylation sites (N-methyl/N-ethyl adjacent to an activating group) is 1. The second kappa shape index (κ2) is 7.74. The van der Waals surface area contributed by atoms with E-state index in [2.05, 4.69) is 11.9 Å². The van der Waals surface area contributed by atoms with Crippen LogP contribution in [0.25, 0.3) is 0 Å². The van der Waals surface area contributed by atoms with Crippen molar-refractivity contribution in [1.82, 2.24) is 19.7 Å². The van der Waals surface area contributed by atoms with E-state index in [0.29, 0.717) is 13.1 Å². The highest BCUT2D eigenvalue weighted by Crippen LogP contribution is 2.39. The maximum atomic E-state index is 13.0. The molecule has 0 N–H and O–H groups in total. The van der Waals surface area contributed by atoms with Crippen molar-refractivity contribution in [3.63, 3.8) is 0 Å². The normalized spacial score (nSPS) is 25.9. The van der Waals surface area contributed by atoms with Crippen molar-refractivity contribution in [2.75, 3.05) is 26.7 Å². The van der Waals surface area contributed by atoms with Crippen LogP contribution in [-0.4, -0.2) is 69.8 Å². The molecule has 0 saturated carbocycles. The molecular weight excluding hydrogens is 328 g/mol. The molecule has 0 spiro atoms. The predicted octanol–water partition coefficient (Wildman–Crippen LogP) is 1.91. The Kier molecular flexibility index (Phi) is 5.61. The number of fused-ring (bicyclic) bond motifs is 1. The fourth-order valence-electron chi connectivity index (χ4n) is 4.74. The number of aromatic nitrogens is 1. The molecule has 1 aromatic heterocycles. The van der Waals surface area contributed by atoms with Crippen molar-refractivity contribution in [2.24, 2.45) is 0 Å². The van der Waals surface area contributed by atoms with E-state index < -0.39 is 0 Å². The van der Waals surface area contributed by atoms with Crippen molar-refractivity contribution >= 4 is 11.8 Å². The number of rotatable bonds is 4. The minimum atomic E-state index is -0.222. The Balaban J connectivity index is 1.68. The number of amides is 2. The van der Waals surface area contributed by atoms with Crippen molar-refractivity contribution in [3.05, 3.63) is 30.1 Å². The zero-order valence-corrected chi connectivity index (χ0v) is 16.1. The molecule has 2 aliphatic rings. The lowest BCUT2D eigenvalue weighted by atomic mass is 9.76. The first kappa shape index (κ1) is 18.8. The summed E-state index contributed by atoms with van der Waals surface area (Å²) in [6.45, 7) is 6.51. The van der Waals surface area contributed by atoms with E-state index in [1.54, 1.807) is 13.1 Å². The van der Waals surface area contributed by atoms with Crippen LogP contribution < -0.4 is 0 Å². The summed E-state index contributed by atoms with van der Waals surface area (Å²) in [7, 11) is 1.97. The summed E-state index contributed by atoms with van der Waals surface area (Å²) >= 11 is 0. The summed E-state index contributed by atoms with van der Waals surface area (Å²) in [4.78, 5) is 35.4. The summed E-state index contributed by atoms with van der Waals surface area (Å²) < 4.78 is 0. The van der Waals surface area contributed by atoms with Crippen molar-refractivity contribution in [3.8, 4) is 0 Å². The standard InChI is InChI=1S/C20H30N4O2/c1-16(25)24-12-5-8-18-20(24,2)9-6-11-23(18)19(26)15-22(3)14-17-7-4-10-21-13-17/h4,7,10,13,18H,5-6,8-9,11-12,14-15H2,1-3H3/t18-,20-/m0/s1. The van der Waals surface area contributed by atoms with E-state index in [1.165, 1.54) is 0 Å². The molecule has 2 aliphatic heterocycles. The molecule has 2 amide bonds. The minimum Gasteiger partial charge on any atom is -0.336 e. The van der Waals surface area contributed by atoms with Gasteiger partial charge < -0.3 is 9.80 Å². The van der Waals surface area contributed by atoms with E-state index in [9.17, 15) is 9.59 Å². The summed E-state index contributed by atoms with van der Waals surface area (Å²) in [6, 6.07) is 4.07. The number of hydrogen-bond donors (Lipinski definition) is 0. The second-order valence-corrected chi connectivity index (χ2v) is 7.91. The van der Waals surface area contributed by atoms with Gasteiger partial charge in [-0.3, -0.25) is 19.5 Å². The Bertz CT molecular complexity index is 650. The molecule has 142 valence electrons. The van der Waals surface area contributed by atoms with Crippen molar-refractivity contribution < 1.29 is 9.59 Å². The monoisotopic (exact) mass is 358 g/mol. The van der Waals surface area contributed by atoms with Gasteiger partial charge in [0.15, 0.2) is 0 Å². The molecule has 0 aliphatic carbocycles. The van der Waals surface area contributed by atoms with Crippen LogP contribution in [0.1, 0.15) is 45.1 Å². The quantitative estimate of drug-likeness (QED) is 0.825. The lowest BCUT2D eigenvalue weighted by Gasteiger charge is -2.56. The fourth-order valence-corrected chi connectivity index (χ4v) is 4.74. The summed E-state index contributed by atoms with van der Waals surface area (Å²) in [5.74, 6) is 0.290. The predicted molar refractivity (Wildman–Crippen MR) is 100 cm³/mol. The number of nitrogens with zero attached hydrogens (tertiary/aromatic N) is 4. The first-order chi connectivity index (χ1) is 12.4. The van der Waals surface area contributed by atoms with E-state index >= 15 is 0 Å². The Morgan fingerprint density at radius 3 is 2.85 bits per heavy atom. The van der Waals surface area contributed by atoms with Gasteiger partial charge in [-0.2, -0.15) is 0 Å². The van der Waals surface area contributed by atoms with Crippen LogP contribution >= 0.6 is 0 Å². The van der Waals surface area contributed by atoms with E-state index in [1.807, 2.05) is 40.1 Å². The molecule has 0 radical (unpaired) electrons. The van der Waals surface area contributed by atoms with Crippen molar-refractivity contribution in [1.29, 1.82) is 0 Å². The van der Waals surface area contributed by atoms with Crippen molar-refractivity contribution in [2.45, 2.75) is 57.7 Å². The molecule has 2 saturated heterocycles. The smallest absolute Gasteiger partial charge is 0.237 e. The highest BCUT2D eigenvalue weighted by Gasteiger charge is 2.49. The van der Waals surface area contributed by atoms with E-state index in [-0.39, 0.29) is 23.4 Å². The first-order valence-corrected chi connectivity index (χ1v) is 9.57. The maximum absolute atomic E-state index is 13.0. The average molecular weight is 358 g/mol. The molecule has 3 heterocycles. The molecule has 3 rings (SSSR count). The Hall–Kier alpha value is -1.95. The van der Waals surface area contributed by atoms with Gasteiger partial charge in [0.2, 0.25) is 11.8 Å². The van der Waals surface area contributed by atoms with Crippen LogP contribution in [0.4, 0.5) is 0 Å². The lowest BCUT2D eigenvalue weighted by molar-refractivity contribution is -0.155. The Labute approximate surface area is 156 Å². The van der Waals surface area contributed by atoms with Crippen LogP contribution in [0.3, 0.4) is 0 Å². The summed E-state index contributed by atoms with van der Waals surface area (Å²) in [6.07, 6.45) is 7.48. The van der Waals surface area contributed by atoms with Crippen LogP contribution in [0.2, 0.25) is 0 Å². The number of pyridine rings is 1. The molecule has 6 heteroatoms. The van der Waals surface area contributed by atoms with Gasteiger partial charge in [0, 0.05) is 39.0 Å². The average Bonchev–Trinajstić information content (AvgIpc) is 2.60. The van der Waals surface area contributed by atoms with E-state index in [4.69, 9.17) is 0 Å². The molecular formula is C20H30N4O2. The lowest BCUT2D eigenvalue weighted by Crippen LogP contribution is -2.68. The largest absolute Gasteiger partial charge is 0.336 e. The van der Waals surface area contributed by atoms with Gasteiger partial charge >= 0.3 is 0 Å². The molecule has 2 atom stereocenters. The van der Waals surface area contributed by atoms with Gasteiger partial charge in [-0.05, 0) is 51.3 Å². The Morgan fingerprint density at radius 1 is 1.35 bits per heavy atom. The number of carbonyl (C=O) groups is 2. The third-order valence-corrected chi connectivity index (χ3v) is 5.93. The molecule has 0 bridgehead atoms. The van der Waals surface area contributed by atoms with Gasteiger partial charge in [0.25, 0.3) is 0 Å². The first-order valence-electron chi connectivity index (χ1n) is 9.57. The van der Waals surface area contributed by atoms with Gasteiger partial charge in [-0.25, -0.2) is 0 Å². The highest BCUT2D eigenvalue weighted by atomic mass is 16.2. The van der Waals surface area contributed by atoms with Crippen LogP contribution in [0, 0.1) is 0 Å². The molecule has 0 unspecified atom stereocenters. The SMILES string of the molecule is CC(=O)N1CCC[C@@H]2N(C(=O)CN(C)Cc3cccnc3)CCC[C@@]21C. The number of piperidine rings is 2. The zero-order valence-electron chi connectivity index (χ0n) is 16.1. The maximum Gasteiger partial charge on any atom is 0.237 e. The molecule has 0 aromatic carbocycles. The third kappa shape index (κ3) is 3.75. The minimum absolute atomic E-state index is 0.125. The Morgan fingerprint density at radius 2 is 2.15 bits per heavy atom. The summed E-state index contributed by atoms with van der Waals surface area (Å²) in [5, 5.41) is 0. The van der Waals surface area contributed by atoms with Crippen LogP contribution in [-0.2, 0) is 16.1 Å².